The first-order valence-corrected chi connectivity index (χ1v) is 8.17. The first-order chi connectivity index (χ1) is 10.9. The molecular weight excluding hydrogens is 294 g/mol. The number of likely N-dealkylation sites (tertiary alicyclic amines) is 1. The van der Waals surface area contributed by atoms with Gasteiger partial charge in [0.05, 0.1) is 5.92 Å². The molecule has 0 aromatic heterocycles. The number of benzene rings is 1. The molecule has 1 fully saturated rings. The van der Waals surface area contributed by atoms with Crippen LogP contribution in [0.3, 0.4) is 0 Å². The quantitative estimate of drug-likeness (QED) is 0.910. The van der Waals surface area contributed by atoms with Crippen LogP contribution in [0.4, 0.5) is 0 Å². The Morgan fingerprint density at radius 3 is 2.65 bits per heavy atom. The van der Waals surface area contributed by atoms with E-state index in [-0.39, 0.29) is 17.9 Å². The van der Waals surface area contributed by atoms with Crippen molar-refractivity contribution in [1.82, 2.24) is 4.90 Å². The second-order valence-corrected chi connectivity index (χ2v) is 6.70. The summed E-state index contributed by atoms with van der Waals surface area (Å²) >= 11 is 0. The number of carbonyl (C=O) groups is 2. The van der Waals surface area contributed by atoms with E-state index in [4.69, 9.17) is 4.74 Å². The number of carbonyl (C=O) groups excluding carboxylic acids is 1. The molecule has 23 heavy (non-hydrogen) atoms. The normalized spacial score (nSPS) is 26.6. The van der Waals surface area contributed by atoms with Crippen molar-refractivity contribution in [1.29, 1.82) is 0 Å². The van der Waals surface area contributed by atoms with E-state index in [1.807, 2.05) is 32.9 Å². The third kappa shape index (κ3) is 2.69. The molecule has 3 rings (SSSR count). The molecule has 5 nitrogen and oxygen atoms in total. The highest BCUT2D eigenvalue weighted by atomic mass is 16.5. The minimum absolute atomic E-state index is 0.00884. The maximum Gasteiger partial charge on any atom is 0.308 e. The number of aryl methyl sites for hydroxylation is 2. The number of carboxylic acids is 1. The molecule has 1 unspecified atom stereocenters. The molecule has 1 saturated heterocycles. The number of rotatable bonds is 2. The van der Waals surface area contributed by atoms with Crippen LogP contribution in [0.2, 0.25) is 0 Å². The van der Waals surface area contributed by atoms with Gasteiger partial charge in [-0.1, -0.05) is 6.07 Å². The average molecular weight is 317 g/mol. The summed E-state index contributed by atoms with van der Waals surface area (Å²) in [4.78, 5) is 26.1. The first-order valence-electron chi connectivity index (χ1n) is 8.17. The summed E-state index contributed by atoms with van der Waals surface area (Å²) in [5, 5.41) is 9.34. The molecule has 5 heteroatoms. The van der Waals surface area contributed by atoms with Crippen LogP contribution in [-0.2, 0) is 9.59 Å². The van der Waals surface area contributed by atoms with Crippen molar-refractivity contribution in [3.05, 3.63) is 28.8 Å². The Morgan fingerprint density at radius 1 is 1.26 bits per heavy atom. The third-order valence-corrected chi connectivity index (χ3v) is 5.29. The number of carboxylic acid groups (broad SMARTS) is 1. The molecule has 2 aliphatic heterocycles. The molecule has 2 heterocycles. The largest absolute Gasteiger partial charge is 0.492 e. The third-order valence-electron chi connectivity index (χ3n) is 5.29. The number of fused-ring (bicyclic) bond motifs is 1. The van der Waals surface area contributed by atoms with Crippen LogP contribution in [0.15, 0.2) is 12.1 Å². The Balaban J connectivity index is 1.85. The Kier molecular flexibility index (Phi) is 4.04. The summed E-state index contributed by atoms with van der Waals surface area (Å²) in [6.07, 6.45) is 1.37. The van der Waals surface area contributed by atoms with Gasteiger partial charge in [0.1, 0.15) is 18.3 Å². The molecule has 124 valence electrons. The Labute approximate surface area is 136 Å². The minimum Gasteiger partial charge on any atom is -0.492 e. The number of aliphatic carboxylic acids is 1. The predicted octanol–water partition coefficient (Wildman–Crippen LogP) is 2.49. The zero-order chi connectivity index (χ0) is 16.7. The number of piperidine rings is 1. The molecule has 0 saturated carbocycles. The Morgan fingerprint density at radius 2 is 1.96 bits per heavy atom. The van der Waals surface area contributed by atoms with Gasteiger partial charge in [-0.3, -0.25) is 9.59 Å². The van der Waals surface area contributed by atoms with Crippen molar-refractivity contribution in [2.45, 2.75) is 45.6 Å². The van der Waals surface area contributed by atoms with Crippen molar-refractivity contribution in [2.75, 3.05) is 13.2 Å². The number of hydrogen-bond donors (Lipinski definition) is 1. The van der Waals surface area contributed by atoms with Gasteiger partial charge in [0.25, 0.3) is 0 Å². The van der Waals surface area contributed by atoms with Crippen molar-refractivity contribution < 1.29 is 19.4 Å². The highest BCUT2D eigenvalue weighted by Gasteiger charge is 2.40. The van der Waals surface area contributed by atoms with Gasteiger partial charge in [-0.05, 0) is 50.8 Å². The standard InChI is InChI=1S/C18H23NO4/c1-10-7-14-15(9-23-16(14)8-11(10)2)17(20)19-6-4-5-13(12(19)3)18(21)22/h7-8,12-13,15H,4-6,9H2,1-3H3,(H,21,22)/t12-,13-,15?/m1/s1. The molecule has 1 amide bonds. The fraction of sp³-hybridized carbons (Fsp3) is 0.556. The van der Waals surface area contributed by atoms with Crippen LogP contribution in [0.25, 0.3) is 0 Å². The average Bonchev–Trinajstić information content (AvgIpc) is 2.89. The van der Waals surface area contributed by atoms with Crippen molar-refractivity contribution >= 4 is 11.9 Å². The lowest BCUT2D eigenvalue weighted by Gasteiger charge is -2.38. The molecule has 0 radical (unpaired) electrons. The van der Waals surface area contributed by atoms with Crippen LogP contribution in [-0.4, -0.2) is 41.1 Å². The van der Waals surface area contributed by atoms with Crippen LogP contribution >= 0.6 is 0 Å². The molecule has 0 aliphatic carbocycles. The van der Waals surface area contributed by atoms with E-state index in [9.17, 15) is 14.7 Å². The van der Waals surface area contributed by atoms with Gasteiger partial charge >= 0.3 is 5.97 Å². The summed E-state index contributed by atoms with van der Waals surface area (Å²) in [7, 11) is 0. The van der Waals surface area contributed by atoms with Crippen LogP contribution in [0.5, 0.6) is 5.75 Å². The number of hydrogen-bond acceptors (Lipinski definition) is 3. The second kappa shape index (κ2) is 5.87. The van der Waals surface area contributed by atoms with Crippen molar-refractivity contribution in [2.24, 2.45) is 5.92 Å². The van der Waals surface area contributed by atoms with Gasteiger partial charge in [0, 0.05) is 18.2 Å². The van der Waals surface area contributed by atoms with Gasteiger partial charge in [-0.2, -0.15) is 0 Å². The Bertz CT molecular complexity index is 655. The van der Waals surface area contributed by atoms with Gasteiger partial charge in [0.15, 0.2) is 0 Å². The van der Waals surface area contributed by atoms with E-state index in [0.717, 1.165) is 28.9 Å². The monoisotopic (exact) mass is 317 g/mol. The number of amides is 1. The minimum atomic E-state index is -0.815. The molecule has 1 aromatic rings. The maximum atomic E-state index is 13.0. The van der Waals surface area contributed by atoms with Crippen LogP contribution < -0.4 is 4.74 Å². The molecule has 2 aliphatic rings. The van der Waals surface area contributed by atoms with Gasteiger partial charge in [-0.25, -0.2) is 0 Å². The van der Waals surface area contributed by atoms with E-state index in [1.54, 1.807) is 4.90 Å². The summed E-state index contributed by atoms with van der Waals surface area (Å²) in [6, 6.07) is 3.74. The smallest absolute Gasteiger partial charge is 0.308 e. The second-order valence-electron chi connectivity index (χ2n) is 6.70. The summed E-state index contributed by atoms with van der Waals surface area (Å²) in [5.41, 5.74) is 3.22. The first kappa shape index (κ1) is 15.8. The topological polar surface area (TPSA) is 66.8 Å². The SMILES string of the molecule is Cc1cc2c(cc1C)C(C(=O)N1CCC[C@@H](C(=O)O)[C@H]1C)CO2. The van der Waals surface area contributed by atoms with Crippen molar-refractivity contribution in [3.8, 4) is 5.75 Å². The highest BCUT2D eigenvalue weighted by Crippen LogP contribution is 2.38. The highest BCUT2D eigenvalue weighted by molar-refractivity contribution is 5.87. The lowest BCUT2D eigenvalue weighted by Crippen LogP contribution is -2.50. The van der Waals surface area contributed by atoms with Crippen molar-refractivity contribution in [3.63, 3.8) is 0 Å². The fourth-order valence-electron chi connectivity index (χ4n) is 3.66. The lowest BCUT2D eigenvalue weighted by atomic mass is 9.88. The van der Waals surface area contributed by atoms with Gasteiger partial charge < -0.3 is 14.7 Å². The number of nitrogens with zero attached hydrogens (tertiary/aromatic N) is 1. The van der Waals surface area contributed by atoms with Crippen LogP contribution in [0.1, 0.15) is 42.4 Å². The lowest BCUT2D eigenvalue weighted by molar-refractivity contribution is -0.149. The fourth-order valence-corrected chi connectivity index (χ4v) is 3.66. The van der Waals surface area contributed by atoms with E-state index in [1.165, 1.54) is 0 Å². The zero-order valence-electron chi connectivity index (χ0n) is 13.8. The van der Waals surface area contributed by atoms with Crippen LogP contribution in [0, 0.1) is 19.8 Å². The molecule has 3 atom stereocenters. The summed E-state index contributed by atoms with van der Waals surface area (Å²) in [6.45, 7) is 6.86. The molecular formula is C18H23NO4. The number of ether oxygens (including phenoxy) is 1. The molecule has 1 N–H and O–H groups in total. The zero-order valence-corrected chi connectivity index (χ0v) is 13.8. The van der Waals surface area contributed by atoms with Gasteiger partial charge in [0.2, 0.25) is 5.91 Å². The molecule has 1 aromatic carbocycles. The molecule has 0 spiro atoms. The van der Waals surface area contributed by atoms with E-state index < -0.39 is 11.9 Å². The van der Waals surface area contributed by atoms with E-state index in [0.29, 0.717) is 19.6 Å². The van der Waals surface area contributed by atoms with E-state index in [2.05, 4.69) is 0 Å². The van der Waals surface area contributed by atoms with E-state index >= 15 is 0 Å². The van der Waals surface area contributed by atoms with Gasteiger partial charge in [-0.15, -0.1) is 0 Å². The summed E-state index contributed by atoms with van der Waals surface area (Å²) in [5.74, 6) is -0.838. The maximum absolute atomic E-state index is 13.0. The Hall–Kier alpha value is -2.04. The molecule has 0 bridgehead atoms. The summed E-state index contributed by atoms with van der Waals surface area (Å²) < 4.78 is 5.70. The predicted molar refractivity (Wildman–Crippen MR) is 85.7 cm³/mol.